The number of Topliss-reactive ketones (excluding diaryl/α,β-unsaturated/α-hetero) is 1. The van der Waals surface area contributed by atoms with E-state index in [0.29, 0.717) is 12.3 Å². The largest absolute Gasteiger partial charge is 0.295 e. The maximum Gasteiger partial charge on any atom is 0.158 e. The van der Waals surface area contributed by atoms with Crippen molar-refractivity contribution >= 4 is 5.78 Å². The van der Waals surface area contributed by atoms with Crippen LogP contribution in [0.25, 0.3) is 0 Å². The van der Waals surface area contributed by atoms with Gasteiger partial charge in [-0.05, 0) is 43.2 Å². The van der Waals surface area contributed by atoms with Gasteiger partial charge >= 0.3 is 0 Å². The molecule has 1 atom stereocenters. The van der Waals surface area contributed by atoms with Crippen LogP contribution in [-0.2, 0) is 11.2 Å². The molecule has 0 radical (unpaired) electrons. The van der Waals surface area contributed by atoms with Gasteiger partial charge in [-0.1, -0.05) is 48.6 Å². The summed E-state index contributed by atoms with van der Waals surface area (Å²) in [5.41, 5.74) is 3.48. The van der Waals surface area contributed by atoms with Gasteiger partial charge in [0.1, 0.15) is 0 Å². The predicted molar refractivity (Wildman–Crippen MR) is 75.4 cm³/mol. The fourth-order valence-corrected chi connectivity index (χ4v) is 2.37. The molecule has 0 N–H and O–H groups in total. The van der Waals surface area contributed by atoms with Gasteiger partial charge in [0, 0.05) is 6.42 Å². The third kappa shape index (κ3) is 3.19. The van der Waals surface area contributed by atoms with E-state index in [1.165, 1.54) is 11.1 Å². The van der Waals surface area contributed by atoms with Crippen LogP contribution in [0.15, 0.2) is 54.1 Å². The second kappa shape index (κ2) is 5.81. The summed E-state index contributed by atoms with van der Waals surface area (Å²) in [5, 5.41) is 0. The monoisotopic (exact) mass is 240 g/mol. The number of carbonyl (C=O) groups is 1. The number of aryl methyl sites for hydroxylation is 1. The van der Waals surface area contributed by atoms with Gasteiger partial charge in [-0.3, -0.25) is 4.79 Å². The topological polar surface area (TPSA) is 17.1 Å². The van der Waals surface area contributed by atoms with Crippen LogP contribution >= 0.6 is 0 Å². The Hall–Kier alpha value is -1.63. The Morgan fingerprint density at radius 2 is 2.06 bits per heavy atom. The molecular formula is C17H20O. The molecule has 0 aromatic heterocycles. The van der Waals surface area contributed by atoms with Crippen molar-refractivity contribution in [2.45, 2.75) is 32.6 Å². The zero-order valence-electron chi connectivity index (χ0n) is 11.0. The molecule has 0 spiro atoms. The van der Waals surface area contributed by atoms with E-state index in [-0.39, 0.29) is 5.78 Å². The number of carbonyl (C=O) groups excluding carboxylic acids is 1. The Kier molecular flexibility index (Phi) is 4.14. The van der Waals surface area contributed by atoms with Gasteiger partial charge in [0.05, 0.1) is 0 Å². The smallest absolute Gasteiger partial charge is 0.158 e. The molecule has 1 aromatic rings. The van der Waals surface area contributed by atoms with Crippen molar-refractivity contribution < 1.29 is 4.79 Å². The van der Waals surface area contributed by atoms with E-state index >= 15 is 0 Å². The van der Waals surface area contributed by atoms with E-state index in [1.54, 1.807) is 0 Å². The van der Waals surface area contributed by atoms with E-state index in [2.05, 4.69) is 36.9 Å². The Morgan fingerprint density at radius 1 is 1.33 bits per heavy atom. The van der Waals surface area contributed by atoms with Gasteiger partial charge in [-0.15, -0.1) is 0 Å². The summed E-state index contributed by atoms with van der Waals surface area (Å²) in [5.74, 6) is 0.636. The van der Waals surface area contributed by atoms with Crippen LogP contribution in [0.1, 0.15) is 31.7 Å². The minimum absolute atomic E-state index is 0.284. The van der Waals surface area contributed by atoms with Crippen LogP contribution in [0.2, 0.25) is 0 Å². The van der Waals surface area contributed by atoms with Crippen LogP contribution in [0, 0.1) is 5.92 Å². The molecular weight excluding hydrogens is 220 g/mol. The second-order valence-corrected chi connectivity index (χ2v) is 5.09. The van der Waals surface area contributed by atoms with Crippen LogP contribution in [0.4, 0.5) is 0 Å². The highest BCUT2D eigenvalue weighted by atomic mass is 16.1. The Balaban J connectivity index is 1.88. The third-order valence-corrected chi connectivity index (χ3v) is 3.74. The summed E-state index contributed by atoms with van der Waals surface area (Å²) in [6, 6.07) is 10.4. The second-order valence-electron chi connectivity index (χ2n) is 5.09. The van der Waals surface area contributed by atoms with Crippen molar-refractivity contribution in [3.63, 3.8) is 0 Å². The number of hydrogen-bond acceptors (Lipinski definition) is 1. The Bertz CT molecular complexity index is 468. The average molecular weight is 240 g/mol. The quantitative estimate of drug-likeness (QED) is 0.724. The van der Waals surface area contributed by atoms with E-state index < -0.39 is 0 Å². The van der Waals surface area contributed by atoms with Crippen LogP contribution in [0.3, 0.4) is 0 Å². The number of benzene rings is 1. The summed E-state index contributed by atoms with van der Waals surface area (Å²) in [7, 11) is 0. The van der Waals surface area contributed by atoms with Crippen LogP contribution < -0.4 is 0 Å². The van der Waals surface area contributed by atoms with Crippen molar-refractivity contribution in [3.8, 4) is 0 Å². The van der Waals surface area contributed by atoms with Gasteiger partial charge in [-0.2, -0.15) is 0 Å². The lowest BCUT2D eigenvalue weighted by molar-refractivity contribution is -0.116. The molecule has 1 aliphatic rings. The summed E-state index contributed by atoms with van der Waals surface area (Å²) < 4.78 is 0. The van der Waals surface area contributed by atoms with Gasteiger partial charge in [0.2, 0.25) is 0 Å². The Morgan fingerprint density at radius 3 is 2.72 bits per heavy atom. The zero-order chi connectivity index (χ0) is 13.0. The van der Waals surface area contributed by atoms with Crippen molar-refractivity contribution in [2.24, 2.45) is 5.92 Å². The summed E-state index contributed by atoms with van der Waals surface area (Å²) in [6.07, 6.45) is 5.69. The summed E-state index contributed by atoms with van der Waals surface area (Å²) in [6.45, 7) is 6.08. The van der Waals surface area contributed by atoms with Crippen molar-refractivity contribution in [3.05, 3.63) is 59.7 Å². The van der Waals surface area contributed by atoms with E-state index in [0.717, 1.165) is 24.8 Å². The lowest BCUT2D eigenvalue weighted by Crippen LogP contribution is -2.16. The molecule has 1 aliphatic carbocycles. The molecule has 2 rings (SSSR count). The first-order valence-corrected chi connectivity index (χ1v) is 6.58. The SMILES string of the molecule is C=C(CCc1ccccc1)[C@@H]1CC=C(C)C(=O)C1. The third-order valence-electron chi connectivity index (χ3n) is 3.74. The molecule has 0 unspecified atom stereocenters. The standard InChI is InChI=1S/C17H20O/c1-13(8-10-15-6-4-3-5-7-15)16-11-9-14(2)17(18)12-16/h3-7,9,16H,1,8,10-12H2,2H3/t16-/m1/s1. The first-order valence-electron chi connectivity index (χ1n) is 6.58. The molecule has 18 heavy (non-hydrogen) atoms. The molecule has 1 aromatic carbocycles. The molecule has 94 valence electrons. The summed E-state index contributed by atoms with van der Waals surface area (Å²) in [4.78, 5) is 11.7. The highest BCUT2D eigenvalue weighted by molar-refractivity contribution is 5.95. The molecule has 1 nitrogen and oxygen atoms in total. The fraction of sp³-hybridized carbons (Fsp3) is 0.353. The molecule has 0 fully saturated rings. The first kappa shape index (κ1) is 12.8. The van der Waals surface area contributed by atoms with Crippen molar-refractivity contribution in [2.75, 3.05) is 0 Å². The minimum Gasteiger partial charge on any atom is -0.295 e. The first-order chi connectivity index (χ1) is 8.66. The van der Waals surface area contributed by atoms with Gasteiger partial charge in [0.25, 0.3) is 0 Å². The number of rotatable bonds is 4. The fourth-order valence-electron chi connectivity index (χ4n) is 2.37. The van der Waals surface area contributed by atoms with E-state index in [1.807, 2.05) is 13.0 Å². The number of allylic oxidation sites excluding steroid dienone is 3. The minimum atomic E-state index is 0.284. The van der Waals surface area contributed by atoms with E-state index in [9.17, 15) is 4.79 Å². The molecule has 0 heterocycles. The molecule has 0 aliphatic heterocycles. The maximum atomic E-state index is 11.7. The lowest BCUT2D eigenvalue weighted by atomic mass is 9.82. The Labute approximate surface area is 109 Å². The molecule has 0 saturated heterocycles. The summed E-state index contributed by atoms with van der Waals surface area (Å²) >= 11 is 0. The molecule has 0 bridgehead atoms. The van der Waals surface area contributed by atoms with Gasteiger partial charge in [0.15, 0.2) is 5.78 Å². The maximum absolute atomic E-state index is 11.7. The zero-order valence-corrected chi connectivity index (χ0v) is 11.0. The van der Waals surface area contributed by atoms with Crippen molar-refractivity contribution in [1.82, 2.24) is 0 Å². The highest BCUT2D eigenvalue weighted by Gasteiger charge is 2.21. The van der Waals surface area contributed by atoms with Gasteiger partial charge < -0.3 is 0 Å². The van der Waals surface area contributed by atoms with Crippen LogP contribution in [0.5, 0.6) is 0 Å². The highest BCUT2D eigenvalue weighted by Crippen LogP contribution is 2.28. The molecule has 0 amide bonds. The molecule has 0 saturated carbocycles. The van der Waals surface area contributed by atoms with Crippen molar-refractivity contribution in [1.29, 1.82) is 0 Å². The number of hydrogen-bond donors (Lipinski definition) is 0. The number of ketones is 1. The van der Waals surface area contributed by atoms with E-state index in [4.69, 9.17) is 0 Å². The van der Waals surface area contributed by atoms with Crippen LogP contribution in [-0.4, -0.2) is 5.78 Å². The normalized spacial score (nSPS) is 19.5. The lowest BCUT2D eigenvalue weighted by Gasteiger charge is -2.21. The predicted octanol–water partition coefficient (Wildman–Crippen LogP) is 4.10. The molecule has 1 heteroatoms. The van der Waals surface area contributed by atoms with Gasteiger partial charge in [-0.25, -0.2) is 0 Å². The average Bonchev–Trinajstić information content (AvgIpc) is 2.40.